The van der Waals surface area contributed by atoms with Gasteiger partial charge in [-0.3, -0.25) is 0 Å². The normalized spacial score (nSPS) is 33.5. The highest BCUT2D eigenvalue weighted by Crippen LogP contribution is 2.56. The standard InChI is InChI=1S/C13H17BrO/c1-8-11(13(2,3)12(8)15)9-5-4-6-10(14)7-9/h4-8,11-12,15H,1-3H3. The molecule has 1 nitrogen and oxygen atoms in total. The van der Waals surface area contributed by atoms with Crippen LogP contribution in [0.3, 0.4) is 0 Å². The van der Waals surface area contributed by atoms with Gasteiger partial charge in [-0.2, -0.15) is 0 Å². The molecule has 1 fully saturated rings. The summed E-state index contributed by atoms with van der Waals surface area (Å²) in [5.41, 5.74) is 1.33. The fourth-order valence-electron chi connectivity index (χ4n) is 3.04. The smallest absolute Gasteiger partial charge is 0.0628 e. The Labute approximate surface area is 99.6 Å². The Hall–Kier alpha value is -0.340. The van der Waals surface area contributed by atoms with Crippen molar-refractivity contribution >= 4 is 15.9 Å². The molecule has 0 aromatic heterocycles. The minimum Gasteiger partial charge on any atom is -0.392 e. The third-order valence-corrected chi connectivity index (χ3v) is 4.29. The average Bonchev–Trinajstić information content (AvgIpc) is 2.17. The molecule has 0 radical (unpaired) electrons. The summed E-state index contributed by atoms with van der Waals surface area (Å²) in [4.78, 5) is 0. The molecule has 0 amide bonds. The van der Waals surface area contributed by atoms with Gasteiger partial charge in [0.25, 0.3) is 0 Å². The van der Waals surface area contributed by atoms with Crippen molar-refractivity contribution in [3.8, 4) is 0 Å². The zero-order valence-corrected chi connectivity index (χ0v) is 11.0. The summed E-state index contributed by atoms with van der Waals surface area (Å²) in [6.45, 7) is 6.41. The molecule has 0 aliphatic heterocycles. The van der Waals surface area contributed by atoms with Crippen molar-refractivity contribution in [1.29, 1.82) is 0 Å². The van der Waals surface area contributed by atoms with Gasteiger partial charge >= 0.3 is 0 Å². The summed E-state index contributed by atoms with van der Waals surface area (Å²) in [6.07, 6.45) is -0.179. The summed E-state index contributed by atoms with van der Waals surface area (Å²) >= 11 is 3.49. The van der Waals surface area contributed by atoms with Gasteiger partial charge in [0.15, 0.2) is 0 Å². The van der Waals surface area contributed by atoms with Crippen LogP contribution in [-0.2, 0) is 0 Å². The third kappa shape index (κ3) is 1.64. The number of aliphatic hydroxyl groups is 1. The molecule has 1 aliphatic carbocycles. The molecule has 2 heteroatoms. The Balaban J connectivity index is 2.33. The molecule has 3 unspecified atom stereocenters. The first kappa shape index (κ1) is 11.2. The lowest BCUT2D eigenvalue weighted by Gasteiger charge is -2.55. The first-order chi connectivity index (χ1) is 6.94. The second-order valence-corrected chi connectivity index (χ2v) is 6.07. The Morgan fingerprint density at radius 1 is 1.33 bits per heavy atom. The van der Waals surface area contributed by atoms with Gasteiger partial charge in [-0.25, -0.2) is 0 Å². The predicted molar refractivity (Wildman–Crippen MR) is 65.8 cm³/mol. The van der Waals surface area contributed by atoms with E-state index >= 15 is 0 Å². The summed E-state index contributed by atoms with van der Waals surface area (Å²) in [5, 5.41) is 9.93. The van der Waals surface area contributed by atoms with Crippen LogP contribution in [0.2, 0.25) is 0 Å². The Morgan fingerprint density at radius 3 is 2.53 bits per heavy atom. The van der Waals surface area contributed by atoms with Crippen molar-refractivity contribution in [2.24, 2.45) is 11.3 Å². The quantitative estimate of drug-likeness (QED) is 0.826. The summed E-state index contributed by atoms with van der Waals surface area (Å²) in [7, 11) is 0. The number of aliphatic hydroxyl groups excluding tert-OH is 1. The van der Waals surface area contributed by atoms with Crippen LogP contribution in [0.4, 0.5) is 0 Å². The highest BCUT2D eigenvalue weighted by Gasteiger charge is 2.53. The SMILES string of the molecule is CC1C(O)C(C)(C)C1c1cccc(Br)c1. The van der Waals surface area contributed by atoms with Crippen LogP contribution in [0, 0.1) is 11.3 Å². The fraction of sp³-hybridized carbons (Fsp3) is 0.538. The van der Waals surface area contributed by atoms with Crippen molar-refractivity contribution in [1.82, 2.24) is 0 Å². The summed E-state index contributed by atoms with van der Waals surface area (Å²) in [5.74, 6) is 0.819. The minimum absolute atomic E-state index is 0.000208. The van der Waals surface area contributed by atoms with Crippen molar-refractivity contribution < 1.29 is 5.11 Å². The van der Waals surface area contributed by atoms with Gasteiger partial charge in [-0.15, -0.1) is 0 Å². The lowest BCUT2D eigenvalue weighted by molar-refractivity contribution is -0.115. The van der Waals surface area contributed by atoms with Gasteiger partial charge in [-0.05, 0) is 34.9 Å². The lowest BCUT2D eigenvalue weighted by Crippen LogP contribution is -2.54. The van der Waals surface area contributed by atoms with Gasteiger partial charge in [0.2, 0.25) is 0 Å². The Kier molecular flexibility index (Phi) is 2.68. The summed E-state index contributed by atoms with van der Waals surface area (Å²) in [6, 6.07) is 8.41. The van der Waals surface area contributed by atoms with Crippen molar-refractivity contribution in [2.75, 3.05) is 0 Å². The third-order valence-electron chi connectivity index (χ3n) is 3.80. The maximum atomic E-state index is 9.93. The monoisotopic (exact) mass is 268 g/mol. The highest BCUT2D eigenvalue weighted by atomic mass is 79.9. The molecule has 15 heavy (non-hydrogen) atoms. The van der Waals surface area contributed by atoms with Crippen LogP contribution in [0.5, 0.6) is 0 Å². The number of rotatable bonds is 1. The molecule has 0 spiro atoms. The molecular weight excluding hydrogens is 252 g/mol. The molecule has 3 atom stereocenters. The van der Waals surface area contributed by atoms with Crippen LogP contribution >= 0.6 is 15.9 Å². The van der Waals surface area contributed by atoms with Crippen LogP contribution in [-0.4, -0.2) is 11.2 Å². The van der Waals surface area contributed by atoms with E-state index in [0.717, 1.165) is 4.47 Å². The second-order valence-electron chi connectivity index (χ2n) is 5.16. The minimum atomic E-state index is -0.179. The van der Waals surface area contributed by atoms with Gasteiger partial charge < -0.3 is 5.11 Å². The van der Waals surface area contributed by atoms with Crippen molar-refractivity contribution in [2.45, 2.75) is 32.8 Å². The molecule has 1 aromatic carbocycles. The van der Waals surface area contributed by atoms with E-state index in [1.165, 1.54) is 5.56 Å². The number of hydrogen-bond acceptors (Lipinski definition) is 1. The van der Waals surface area contributed by atoms with Crippen molar-refractivity contribution in [3.05, 3.63) is 34.3 Å². The number of hydrogen-bond donors (Lipinski definition) is 1. The van der Waals surface area contributed by atoms with Gasteiger partial charge in [0.05, 0.1) is 6.10 Å². The van der Waals surface area contributed by atoms with Gasteiger partial charge in [-0.1, -0.05) is 48.8 Å². The molecule has 1 saturated carbocycles. The first-order valence-electron chi connectivity index (χ1n) is 5.38. The van der Waals surface area contributed by atoms with E-state index in [1.807, 2.05) is 6.07 Å². The Bertz CT molecular complexity index is 373. The van der Waals surface area contributed by atoms with E-state index in [9.17, 15) is 5.11 Å². The van der Waals surface area contributed by atoms with Crippen LogP contribution in [0.15, 0.2) is 28.7 Å². The molecular formula is C13H17BrO. The van der Waals surface area contributed by atoms with E-state index < -0.39 is 0 Å². The summed E-state index contributed by atoms with van der Waals surface area (Å²) < 4.78 is 1.12. The molecule has 1 aromatic rings. The van der Waals surface area contributed by atoms with Gasteiger partial charge in [0.1, 0.15) is 0 Å². The molecule has 0 saturated heterocycles. The zero-order chi connectivity index (χ0) is 11.2. The van der Waals surface area contributed by atoms with E-state index in [-0.39, 0.29) is 11.5 Å². The largest absolute Gasteiger partial charge is 0.392 e. The predicted octanol–water partition coefficient (Wildman–Crippen LogP) is 3.57. The fourth-order valence-corrected chi connectivity index (χ4v) is 3.45. The molecule has 1 N–H and O–H groups in total. The first-order valence-corrected chi connectivity index (χ1v) is 6.17. The number of benzene rings is 1. The highest BCUT2D eigenvalue weighted by molar-refractivity contribution is 9.10. The topological polar surface area (TPSA) is 20.2 Å². The maximum absolute atomic E-state index is 9.93. The van der Waals surface area contributed by atoms with Crippen molar-refractivity contribution in [3.63, 3.8) is 0 Å². The molecule has 0 heterocycles. The van der Waals surface area contributed by atoms with Crippen LogP contribution in [0.25, 0.3) is 0 Å². The second kappa shape index (κ2) is 3.60. The van der Waals surface area contributed by atoms with E-state index in [2.05, 4.69) is 54.9 Å². The molecule has 0 bridgehead atoms. The van der Waals surface area contributed by atoms with E-state index in [0.29, 0.717) is 11.8 Å². The van der Waals surface area contributed by atoms with Crippen LogP contribution in [0.1, 0.15) is 32.3 Å². The van der Waals surface area contributed by atoms with Gasteiger partial charge in [0, 0.05) is 4.47 Å². The zero-order valence-electron chi connectivity index (χ0n) is 9.37. The van der Waals surface area contributed by atoms with Crippen LogP contribution < -0.4 is 0 Å². The van der Waals surface area contributed by atoms with E-state index in [4.69, 9.17) is 0 Å². The molecule has 82 valence electrons. The molecule has 1 aliphatic rings. The number of halogens is 1. The Morgan fingerprint density at radius 2 is 2.00 bits per heavy atom. The lowest BCUT2D eigenvalue weighted by atomic mass is 9.52. The maximum Gasteiger partial charge on any atom is 0.0628 e. The van der Waals surface area contributed by atoms with E-state index in [1.54, 1.807) is 0 Å². The average molecular weight is 269 g/mol. The molecule has 2 rings (SSSR count).